The lowest BCUT2D eigenvalue weighted by Crippen LogP contribution is -2.31. The maximum absolute atomic E-state index is 11.4. The lowest BCUT2D eigenvalue weighted by molar-refractivity contribution is -0.141. The summed E-state index contributed by atoms with van der Waals surface area (Å²) < 4.78 is 14.7. The molecule has 0 fully saturated rings. The van der Waals surface area contributed by atoms with Gasteiger partial charge in [0.05, 0.1) is 34.2 Å². The fourth-order valence-electron chi connectivity index (χ4n) is 2.81. The molecule has 0 unspecified atom stereocenters. The Kier molecular flexibility index (Phi) is 7.47. The zero-order chi connectivity index (χ0) is 18.9. The molecule has 0 atom stereocenters. The van der Waals surface area contributed by atoms with E-state index in [1.54, 1.807) is 7.11 Å². The van der Waals surface area contributed by atoms with Gasteiger partial charge in [0.25, 0.3) is 0 Å². The number of nitrogens with one attached hydrogen (secondary N) is 1. The summed E-state index contributed by atoms with van der Waals surface area (Å²) in [5.41, 5.74) is 2.22. The fourth-order valence-corrected chi connectivity index (χ4v) is 2.81. The number of esters is 2. The standard InChI is InChI=1S/C19H26N2O5/c1-24-15-4-5-17-16(12-15)14(13-20-17)6-9-21(10-7-18(22)25-2)11-8-19(23)26-3/h4-5,12-13,20H,6-11H2,1-3H3. The van der Waals surface area contributed by atoms with E-state index in [0.29, 0.717) is 25.9 Å². The highest BCUT2D eigenvalue weighted by Gasteiger charge is 2.13. The highest BCUT2D eigenvalue weighted by molar-refractivity contribution is 5.84. The number of carbonyl (C=O) groups is 2. The molecule has 0 amide bonds. The molecular weight excluding hydrogens is 336 g/mol. The van der Waals surface area contributed by atoms with Gasteiger partial charge < -0.3 is 24.1 Å². The molecule has 1 aromatic carbocycles. The zero-order valence-corrected chi connectivity index (χ0v) is 15.5. The molecule has 1 heterocycles. The van der Waals surface area contributed by atoms with Crippen LogP contribution in [-0.2, 0) is 25.5 Å². The van der Waals surface area contributed by atoms with Crippen LogP contribution in [0.15, 0.2) is 24.4 Å². The van der Waals surface area contributed by atoms with Crippen LogP contribution in [0, 0.1) is 0 Å². The van der Waals surface area contributed by atoms with Crippen LogP contribution in [0.4, 0.5) is 0 Å². The van der Waals surface area contributed by atoms with Crippen molar-refractivity contribution in [1.29, 1.82) is 0 Å². The number of rotatable bonds is 10. The second-order valence-corrected chi connectivity index (χ2v) is 5.97. The number of carbonyl (C=O) groups excluding carboxylic acids is 2. The van der Waals surface area contributed by atoms with Gasteiger partial charge in [-0.1, -0.05) is 0 Å². The third-order valence-corrected chi connectivity index (χ3v) is 4.39. The quantitative estimate of drug-likeness (QED) is 0.652. The highest BCUT2D eigenvalue weighted by Crippen LogP contribution is 2.24. The van der Waals surface area contributed by atoms with Crippen LogP contribution in [-0.4, -0.2) is 62.8 Å². The molecule has 7 nitrogen and oxygen atoms in total. The van der Waals surface area contributed by atoms with Crippen molar-refractivity contribution < 1.29 is 23.8 Å². The monoisotopic (exact) mass is 362 g/mol. The Morgan fingerprint density at radius 1 is 1.00 bits per heavy atom. The maximum atomic E-state index is 11.4. The van der Waals surface area contributed by atoms with E-state index < -0.39 is 0 Å². The molecule has 0 radical (unpaired) electrons. The zero-order valence-electron chi connectivity index (χ0n) is 15.5. The number of hydrogen-bond donors (Lipinski definition) is 1. The van der Waals surface area contributed by atoms with Crippen molar-refractivity contribution in [3.05, 3.63) is 30.0 Å². The van der Waals surface area contributed by atoms with Gasteiger partial charge in [-0.2, -0.15) is 0 Å². The fraction of sp³-hybridized carbons (Fsp3) is 0.474. The molecule has 0 saturated carbocycles. The molecule has 0 aliphatic rings. The Labute approximate surface area is 153 Å². The summed E-state index contributed by atoms with van der Waals surface area (Å²) >= 11 is 0. The SMILES string of the molecule is COC(=O)CCN(CCC(=O)OC)CCc1c[nH]c2ccc(OC)cc12. The largest absolute Gasteiger partial charge is 0.497 e. The van der Waals surface area contributed by atoms with E-state index in [9.17, 15) is 9.59 Å². The normalized spacial score (nSPS) is 10.9. The molecule has 0 aliphatic heterocycles. The molecule has 0 saturated heterocycles. The Morgan fingerprint density at radius 2 is 1.65 bits per heavy atom. The van der Waals surface area contributed by atoms with E-state index in [1.165, 1.54) is 19.8 Å². The van der Waals surface area contributed by atoms with Crippen molar-refractivity contribution in [2.45, 2.75) is 19.3 Å². The minimum Gasteiger partial charge on any atom is -0.497 e. The summed E-state index contributed by atoms with van der Waals surface area (Å²) in [6.07, 6.45) is 3.36. The topological polar surface area (TPSA) is 80.9 Å². The Morgan fingerprint density at radius 3 is 2.23 bits per heavy atom. The minimum absolute atomic E-state index is 0.259. The van der Waals surface area contributed by atoms with E-state index in [1.807, 2.05) is 24.4 Å². The van der Waals surface area contributed by atoms with Gasteiger partial charge in [-0.3, -0.25) is 9.59 Å². The van der Waals surface area contributed by atoms with Crippen LogP contribution >= 0.6 is 0 Å². The number of aromatic nitrogens is 1. The molecule has 0 spiro atoms. The van der Waals surface area contributed by atoms with Gasteiger partial charge in [-0.15, -0.1) is 0 Å². The molecule has 2 rings (SSSR count). The van der Waals surface area contributed by atoms with E-state index >= 15 is 0 Å². The number of methoxy groups -OCH3 is 3. The molecule has 26 heavy (non-hydrogen) atoms. The first-order valence-electron chi connectivity index (χ1n) is 8.57. The van der Waals surface area contributed by atoms with E-state index in [0.717, 1.165) is 29.6 Å². The van der Waals surface area contributed by atoms with Crippen LogP contribution in [0.3, 0.4) is 0 Å². The van der Waals surface area contributed by atoms with Crippen molar-refractivity contribution in [1.82, 2.24) is 9.88 Å². The number of H-pyrrole nitrogens is 1. The number of benzene rings is 1. The second kappa shape index (κ2) is 9.82. The summed E-state index contributed by atoms with van der Waals surface area (Å²) in [4.78, 5) is 28.2. The van der Waals surface area contributed by atoms with Crippen LogP contribution < -0.4 is 4.74 Å². The summed E-state index contributed by atoms with van der Waals surface area (Å²) in [5, 5.41) is 1.12. The first-order valence-corrected chi connectivity index (χ1v) is 8.57. The number of hydrogen-bond acceptors (Lipinski definition) is 6. The summed E-state index contributed by atoms with van der Waals surface area (Å²) in [6, 6.07) is 5.92. The Balaban J connectivity index is 2.02. The lowest BCUT2D eigenvalue weighted by atomic mass is 10.1. The maximum Gasteiger partial charge on any atom is 0.306 e. The lowest BCUT2D eigenvalue weighted by Gasteiger charge is -2.21. The average Bonchev–Trinajstić information content (AvgIpc) is 3.08. The average molecular weight is 362 g/mol. The molecule has 1 aromatic heterocycles. The summed E-state index contributed by atoms with van der Waals surface area (Å²) in [5.74, 6) is 0.293. The van der Waals surface area contributed by atoms with Crippen molar-refractivity contribution in [2.75, 3.05) is 41.0 Å². The van der Waals surface area contributed by atoms with Crippen molar-refractivity contribution in [3.8, 4) is 5.75 Å². The predicted octanol–water partition coefficient (Wildman–Crippen LogP) is 2.15. The molecule has 0 bridgehead atoms. The van der Waals surface area contributed by atoms with Gasteiger partial charge in [-0.05, 0) is 30.2 Å². The van der Waals surface area contributed by atoms with E-state index in [-0.39, 0.29) is 11.9 Å². The van der Waals surface area contributed by atoms with Crippen molar-refractivity contribution >= 4 is 22.8 Å². The van der Waals surface area contributed by atoms with Crippen molar-refractivity contribution in [3.63, 3.8) is 0 Å². The molecular formula is C19H26N2O5. The van der Waals surface area contributed by atoms with Gasteiger partial charge in [-0.25, -0.2) is 0 Å². The van der Waals surface area contributed by atoms with E-state index in [2.05, 4.69) is 9.88 Å². The minimum atomic E-state index is -0.259. The third-order valence-electron chi connectivity index (χ3n) is 4.39. The van der Waals surface area contributed by atoms with Crippen LogP contribution in [0.1, 0.15) is 18.4 Å². The van der Waals surface area contributed by atoms with E-state index in [4.69, 9.17) is 14.2 Å². The summed E-state index contributed by atoms with van der Waals surface area (Å²) in [6.45, 7) is 1.79. The molecule has 1 N–H and O–H groups in total. The summed E-state index contributed by atoms with van der Waals surface area (Å²) in [7, 11) is 4.40. The number of aromatic amines is 1. The molecule has 142 valence electrons. The van der Waals surface area contributed by atoms with Crippen LogP contribution in [0.5, 0.6) is 5.75 Å². The second-order valence-electron chi connectivity index (χ2n) is 5.97. The predicted molar refractivity (Wildman–Crippen MR) is 98.3 cm³/mol. The highest BCUT2D eigenvalue weighted by atomic mass is 16.5. The first-order chi connectivity index (χ1) is 12.6. The Hall–Kier alpha value is -2.54. The van der Waals surface area contributed by atoms with Gasteiger partial charge in [0.1, 0.15) is 5.75 Å². The first kappa shape index (κ1) is 19.8. The number of fused-ring (bicyclic) bond motifs is 1. The van der Waals surface area contributed by atoms with Crippen LogP contribution in [0.25, 0.3) is 10.9 Å². The van der Waals surface area contributed by atoms with Gasteiger partial charge in [0, 0.05) is 36.7 Å². The smallest absolute Gasteiger partial charge is 0.306 e. The van der Waals surface area contributed by atoms with Crippen LogP contribution in [0.2, 0.25) is 0 Å². The molecule has 2 aromatic rings. The molecule has 0 aliphatic carbocycles. The molecule has 7 heteroatoms. The van der Waals surface area contributed by atoms with Gasteiger partial charge in [0.2, 0.25) is 0 Å². The number of ether oxygens (including phenoxy) is 3. The number of nitrogens with zero attached hydrogens (tertiary/aromatic N) is 1. The van der Waals surface area contributed by atoms with Gasteiger partial charge >= 0.3 is 11.9 Å². The van der Waals surface area contributed by atoms with Crippen molar-refractivity contribution in [2.24, 2.45) is 0 Å². The van der Waals surface area contributed by atoms with Gasteiger partial charge in [0.15, 0.2) is 0 Å². The Bertz CT molecular complexity index is 721. The third kappa shape index (κ3) is 5.49.